The Labute approximate surface area is 218 Å². The highest BCUT2D eigenvalue weighted by Crippen LogP contribution is 2.23. The van der Waals surface area contributed by atoms with Gasteiger partial charge in [-0.15, -0.1) is 0 Å². The van der Waals surface area contributed by atoms with Crippen molar-refractivity contribution in [2.75, 3.05) is 6.61 Å². The molecular formula is C31H28BN2O3. The van der Waals surface area contributed by atoms with Crippen LogP contribution in [0.25, 0.3) is 11.5 Å². The van der Waals surface area contributed by atoms with E-state index in [1.807, 2.05) is 97.9 Å². The van der Waals surface area contributed by atoms with Gasteiger partial charge in [-0.3, -0.25) is 0 Å². The molecule has 0 unspecified atom stereocenters. The SMILES string of the molecule is Cc1oc(-c2ccccc2)nc1CCOc1cccc(C[B]Cc2cccc(Oc3ccccc3)c2)n1. The molecule has 5 nitrogen and oxygen atoms in total. The smallest absolute Gasteiger partial charge is 0.226 e. The molecule has 0 amide bonds. The minimum atomic E-state index is 0.482. The average molecular weight is 487 g/mol. The van der Waals surface area contributed by atoms with Crippen molar-refractivity contribution in [3.8, 4) is 28.8 Å². The molecule has 0 saturated heterocycles. The van der Waals surface area contributed by atoms with Crippen LogP contribution in [0.5, 0.6) is 17.4 Å². The number of hydrogen-bond donors (Lipinski definition) is 0. The third-order valence-corrected chi connectivity index (χ3v) is 5.89. The summed E-state index contributed by atoms with van der Waals surface area (Å²) < 4.78 is 17.7. The number of ether oxygens (including phenoxy) is 2. The average Bonchev–Trinajstić information content (AvgIpc) is 3.30. The molecule has 183 valence electrons. The molecule has 0 fully saturated rings. The number of hydrogen-bond acceptors (Lipinski definition) is 5. The van der Waals surface area contributed by atoms with Crippen LogP contribution in [0.3, 0.4) is 0 Å². The summed E-state index contributed by atoms with van der Waals surface area (Å²) in [6, 6.07) is 33.8. The number of pyridine rings is 1. The third kappa shape index (κ3) is 6.88. The Morgan fingerprint density at radius 3 is 2.35 bits per heavy atom. The van der Waals surface area contributed by atoms with Crippen LogP contribution < -0.4 is 9.47 Å². The molecule has 5 rings (SSSR count). The lowest BCUT2D eigenvalue weighted by Crippen LogP contribution is -2.07. The van der Waals surface area contributed by atoms with Crippen LogP contribution >= 0.6 is 0 Å². The molecule has 5 aromatic rings. The molecule has 0 bridgehead atoms. The molecule has 1 radical (unpaired) electrons. The summed E-state index contributed by atoms with van der Waals surface area (Å²) in [4.78, 5) is 9.31. The van der Waals surface area contributed by atoms with Crippen molar-refractivity contribution in [1.29, 1.82) is 0 Å². The van der Waals surface area contributed by atoms with Gasteiger partial charge in [0.1, 0.15) is 24.5 Å². The van der Waals surface area contributed by atoms with Gasteiger partial charge < -0.3 is 13.9 Å². The molecule has 3 aromatic carbocycles. The normalized spacial score (nSPS) is 10.7. The van der Waals surface area contributed by atoms with E-state index in [9.17, 15) is 0 Å². The Balaban J connectivity index is 1.10. The zero-order valence-corrected chi connectivity index (χ0v) is 20.8. The number of nitrogens with zero attached hydrogens (tertiary/aromatic N) is 2. The molecule has 37 heavy (non-hydrogen) atoms. The zero-order valence-electron chi connectivity index (χ0n) is 20.8. The van der Waals surface area contributed by atoms with Crippen molar-refractivity contribution in [3.05, 3.63) is 126 Å². The molecule has 0 N–H and O–H groups in total. The third-order valence-electron chi connectivity index (χ3n) is 5.89. The minimum Gasteiger partial charge on any atom is -0.477 e. The van der Waals surface area contributed by atoms with Gasteiger partial charge in [-0.2, -0.15) is 0 Å². The summed E-state index contributed by atoms with van der Waals surface area (Å²) in [5.74, 6) is 3.75. The lowest BCUT2D eigenvalue weighted by molar-refractivity contribution is 0.307. The Morgan fingerprint density at radius 2 is 1.51 bits per heavy atom. The van der Waals surface area contributed by atoms with Gasteiger partial charge in [-0.05, 0) is 55.7 Å². The van der Waals surface area contributed by atoms with E-state index in [4.69, 9.17) is 13.9 Å². The maximum atomic E-state index is 5.95. The number of oxazole rings is 1. The molecule has 0 aliphatic heterocycles. The monoisotopic (exact) mass is 487 g/mol. The summed E-state index contributed by atoms with van der Waals surface area (Å²) in [6.45, 7) is 2.42. The quantitative estimate of drug-likeness (QED) is 0.191. The largest absolute Gasteiger partial charge is 0.477 e. The molecule has 2 aromatic heterocycles. The lowest BCUT2D eigenvalue weighted by Gasteiger charge is -2.08. The molecule has 0 aliphatic rings. The molecule has 0 aliphatic carbocycles. The van der Waals surface area contributed by atoms with Gasteiger partial charge in [-0.25, -0.2) is 9.97 Å². The molecule has 0 saturated carbocycles. The van der Waals surface area contributed by atoms with E-state index in [1.54, 1.807) is 0 Å². The van der Waals surface area contributed by atoms with E-state index >= 15 is 0 Å². The van der Waals surface area contributed by atoms with Gasteiger partial charge in [0, 0.05) is 23.7 Å². The summed E-state index contributed by atoms with van der Waals surface area (Å²) in [7, 11) is 2.22. The lowest BCUT2D eigenvalue weighted by atomic mass is 9.68. The molecule has 6 heteroatoms. The first kappa shape index (κ1) is 24.4. The summed E-state index contributed by atoms with van der Waals surface area (Å²) in [5, 5.41) is 0. The van der Waals surface area contributed by atoms with E-state index in [0.717, 1.165) is 46.9 Å². The van der Waals surface area contributed by atoms with Crippen LogP contribution in [0.15, 0.2) is 108 Å². The van der Waals surface area contributed by atoms with Crippen molar-refractivity contribution in [1.82, 2.24) is 9.97 Å². The second kappa shape index (κ2) is 12.1. The van der Waals surface area contributed by atoms with Crippen LogP contribution in [0.2, 0.25) is 0 Å². The second-order valence-electron chi connectivity index (χ2n) is 8.71. The fourth-order valence-corrected chi connectivity index (χ4v) is 4.02. The predicted molar refractivity (Wildman–Crippen MR) is 146 cm³/mol. The molecule has 2 heterocycles. The highest BCUT2D eigenvalue weighted by Gasteiger charge is 2.11. The van der Waals surface area contributed by atoms with Crippen molar-refractivity contribution in [3.63, 3.8) is 0 Å². The Hall–Kier alpha value is -4.32. The number of rotatable bonds is 11. The van der Waals surface area contributed by atoms with E-state index < -0.39 is 0 Å². The van der Waals surface area contributed by atoms with Gasteiger partial charge >= 0.3 is 0 Å². The van der Waals surface area contributed by atoms with Gasteiger partial charge in [0.05, 0.1) is 12.3 Å². The molecular weight excluding hydrogens is 459 g/mol. The standard InChI is InChI=1S/C31H28BN2O3/c1-23-29(34-31(36-23)25-11-4-2-5-12-25)18-19-35-30-17-9-13-26(33-30)22-32-21-24-10-8-16-28(20-24)37-27-14-6-3-7-15-27/h2-17,20H,18-19,21-22H2,1H3. The second-order valence-corrected chi connectivity index (χ2v) is 8.71. The molecule has 0 atom stereocenters. The minimum absolute atomic E-state index is 0.482. The van der Waals surface area contributed by atoms with E-state index in [0.29, 0.717) is 24.8 Å². The highest BCUT2D eigenvalue weighted by molar-refractivity contribution is 6.34. The van der Waals surface area contributed by atoms with Crippen molar-refractivity contribution in [2.45, 2.75) is 26.0 Å². The number of aromatic nitrogens is 2. The van der Waals surface area contributed by atoms with Gasteiger partial charge in [0.2, 0.25) is 11.8 Å². The topological polar surface area (TPSA) is 57.4 Å². The van der Waals surface area contributed by atoms with Crippen LogP contribution in [0, 0.1) is 6.92 Å². The summed E-state index contributed by atoms with van der Waals surface area (Å²) in [6.07, 6.45) is 2.24. The Morgan fingerprint density at radius 1 is 0.757 bits per heavy atom. The number of para-hydroxylation sites is 1. The Bertz CT molecular complexity index is 1420. The summed E-state index contributed by atoms with van der Waals surface area (Å²) in [5.41, 5.74) is 4.04. The fourth-order valence-electron chi connectivity index (χ4n) is 4.02. The number of benzene rings is 3. The van der Waals surface area contributed by atoms with Crippen molar-refractivity contribution < 1.29 is 13.9 Å². The van der Waals surface area contributed by atoms with Crippen LogP contribution in [-0.4, -0.2) is 23.9 Å². The van der Waals surface area contributed by atoms with Crippen molar-refractivity contribution in [2.24, 2.45) is 0 Å². The maximum Gasteiger partial charge on any atom is 0.226 e. The molecule has 0 spiro atoms. The van der Waals surface area contributed by atoms with Gasteiger partial charge in [-0.1, -0.05) is 66.5 Å². The van der Waals surface area contributed by atoms with Gasteiger partial charge in [0.25, 0.3) is 0 Å². The van der Waals surface area contributed by atoms with E-state index in [2.05, 4.69) is 29.4 Å². The zero-order chi connectivity index (χ0) is 25.3. The number of aryl methyl sites for hydroxylation is 1. The fraction of sp³-hybridized carbons (Fsp3) is 0.161. The van der Waals surface area contributed by atoms with E-state index in [1.165, 1.54) is 5.56 Å². The summed E-state index contributed by atoms with van der Waals surface area (Å²) >= 11 is 0. The first-order valence-electron chi connectivity index (χ1n) is 12.5. The predicted octanol–water partition coefficient (Wildman–Crippen LogP) is 6.86. The maximum absolute atomic E-state index is 5.95. The van der Waals surface area contributed by atoms with Gasteiger partial charge in [0.15, 0.2) is 0 Å². The van der Waals surface area contributed by atoms with E-state index in [-0.39, 0.29) is 0 Å². The Kier molecular flexibility index (Phi) is 7.96. The highest BCUT2D eigenvalue weighted by atomic mass is 16.5. The van der Waals surface area contributed by atoms with Crippen LogP contribution in [0.4, 0.5) is 0 Å². The van der Waals surface area contributed by atoms with Crippen LogP contribution in [0.1, 0.15) is 22.7 Å². The first-order valence-corrected chi connectivity index (χ1v) is 12.5. The first-order chi connectivity index (χ1) is 18.2. The van der Waals surface area contributed by atoms with Crippen LogP contribution in [-0.2, 0) is 19.1 Å². The van der Waals surface area contributed by atoms with Crippen molar-refractivity contribution >= 4 is 7.28 Å².